The maximum absolute atomic E-state index is 5.15. The predicted octanol–water partition coefficient (Wildman–Crippen LogP) is 1.33. The molecule has 0 bridgehead atoms. The normalized spacial score (nSPS) is 20.1. The largest absolute Gasteiger partial charge is 0.384 e. The van der Waals surface area contributed by atoms with E-state index in [1.165, 1.54) is 18.5 Å². The van der Waals surface area contributed by atoms with Crippen LogP contribution in [0.25, 0.3) is 0 Å². The molecule has 0 unspecified atom stereocenters. The molecule has 2 rings (SSSR count). The van der Waals surface area contributed by atoms with E-state index in [2.05, 4.69) is 10.2 Å². The first-order valence-electron chi connectivity index (χ1n) is 3.86. The molecular formula is C8H14N2O. The highest BCUT2D eigenvalue weighted by Crippen LogP contribution is 2.47. The number of nitrogens with one attached hydrogen (secondary N) is 1. The van der Waals surface area contributed by atoms with E-state index in [0.29, 0.717) is 0 Å². The van der Waals surface area contributed by atoms with Crippen molar-refractivity contribution < 1.29 is 6.16 Å². The van der Waals surface area contributed by atoms with Crippen molar-refractivity contribution in [2.75, 3.05) is 13.7 Å². The van der Waals surface area contributed by atoms with Gasteiger partial charge in [-0.2, -0.15) is 5.10 Å². The van der Waals surface area contributed by atoms with Gasteiger partial charge in [0, 0.05) is 25.8 Å². The Morgan fingerprint density at radius 2 is 2.64 bits per heavy atom. The Bertz CT molecular complexity index is 231. The number of rotatable bonds is 3. The van der Waals surface area contributed by atoms with Gasteiger partial charge in [-0.3, -0.25) is 5.10 Å². The van der Waals surface area contributed by atoms with Crippen molar-refractivity contribution in [1.82, 2.24) is 10.2 Å². The number of methoxy groups -OCH3 is 1. The molecule has 11 heavy (non-hydrogen) atoms. The highest BCUT2D eigenvalue weighted by molar-refractivity contribution is 5.22. The van der Waals surface area contributed by atoms with E-state index in [9.17, 15) is 0 Å². The topological polar surface area (TPSA) is 37.9 Å². The number of H-pyrrole nitrogens is 1. The van der Waals surface area contributed by atoms with Crippen LogP contribution in [0.3, 0.4) is 0 Å². The van der Waals surface area contributed by atoms with E-state index in [1.54, 1.807) is 13.3 Å². The molecule has 0 radical (unpaired) electrons. The third-order valence-electron chi connectivity index (χ3n) is 2.35. The average molecular weight is 154 g/mol. The molecule has 0 saturated heterocycles. The molecule has 62 valence electrons. The van der Waals surface area contributed by atoms with Gasteiger partial charge >= 0.3 is 0 Å². The number of hydrogen-bond acceptors (Lipinski definition) is 2. The molecule has 3 heteroatoms. The molecule has 1 N–H and O–H groups in total. The van der Waals surface area contributed by atoms with Crippen molar-refractivity contribution in [3.63, 3.8) is 0 Å². The summed E-state index contributed by atoms with van der Waals surface area (Å²) in [5.41, 5.74) is 1.50. The van der Waals surface area contributed by atoms with Gasteiger partial charge in [-0.05, 0) is 18.9 Å². The first-order valence-corrected chi connectivity index (χ1v) is 3.86. The summed E-state index contributed by atoms with van der Waals surface area (Å²) >= 11 is 0. The van der Waals surface area contributed by atoms with E-state index >= 15 is 0 Å². The van der Waals surface area contributed by atoms with E-state index in [-0.39, 0.29) is 6.84 Å². The van der Waals surface area contributed by atoms with Crippen LogP contribution in [0, 0.1) is 0 Å². The molecule has 1 saturated carbocycles. The first kappa shape index (κ1) is 6.85. The Morgan fingerprint density at radius 1 is 1.82 bits per heavy atom. The molecule has 0 amide bonds. The van der Waals surface area contributed by atoms with Crippen molar-refractivity contribution in [2.24, 2.45) is 0 Å². The standard InChI is InChI=1S/C8H12N2O.H2/c1-11-6-8(3-4-8)7-2-5-9-10-7;/h2,5H,3-4,6H2,1H3,(H,9,10);1H. The summed E-state index contributed by atoms with van der Waals surface area (Å²) in [5, 5.41) is 6.92. The fourth-order valence-corrected chi connectivity index (χ4v) is 1.47. The Morgan fingerprint density at radius 3 is 3.09 bits per heavy atom. The predicted molar refractivity (Wildman–Crippen MR) is 43.5 cm³/mol. The van der Waals surface area contributed by atoms with Crippen molar-refractivity contribution in [3.05, 3.63) is 18.0 Å². The number of hydrogen-bond donors (Lipinski definition) is 1. The third-order valence-corrected chi connectivity index (χ3v) is 2.35. The smallest absolute Gasteiger partial charge is 0.0574 e. The summed E-state index contributed by atoms with van der Waals surface area (Å²) in [5.74, 6) is 0. The molecule has 0 aromatic carbocycles. The average Bonchev–Trinajstić information content (AvgIpc) is 2.63. The van der Waals surface area contributed by atoms with Gasteiger partial charge in [0.05, 0.1) is 6.61 Å². The van der Waals surface area contributed by atoms with Gasteiger partial charge in [0.2, 0.25) is 0 Å². The summed E-state index contributed by atoms with van der Waals surface area (Å²) in [6.07, 6.45) is 4.25. The van der Waals surface area contributed by atoms with Crippen molar-refractivity contribution >= 4 is 0 Å². The van der Waals surface area contributed by atoms with Crippen LogP contribution >= 0.6 is 0 Å². The molecule has 0 aliphatic heterocycles. The molecule has 0 spiro atoms. The Labute approximate surface area is 67.2 Å². The zero-order valence-corrected chi connectivity index (χ0v) is 6.63. The molecule has 1 aliphatic rings. The second kappa shape index (κ2) is 2.34. The van der Waals surface area contributed by atoms with Gasteiger partial charge in [0.25, 0.3) is 0 Å². The molecular weight excluding hydrogens is 140 g/mol. The van der Waals surface area contributed by atoms with Gasteiger partial charge < -0.3 is 4.74 Å². The minimum absolute atomic E-state index is 0. The lowest BCUT2D eigenvalue weighted by molar-refractivity contribution is 0.170. The summed E-state index contributed by atoms with van der Waals surface area (Å²) in [6, 6.07) is 2.03. The SMILES string of the molecule is COCC1(c2ccn[nH]2)CC1.[HH]. The minimum Gasteiger partial charge on any atom is -0.384 e. The highest BCUT2D eigenvalue weighted by Gasteiger charge is 2.45. The summed E-state index contributed by atoms with van der Waals surface area (Å²) in [7, 11) is 1.75. The Hall–Kier alpha value is -0.830. The molecule has 1 aromatic heterocycles. The second-order valence-corrected chi connectivity index (χ2v) is 3.18. The monoisotopic (exact) mass is 154 g/mol. The molecule has 1 aliphatic carbocycles. The molecule has 0 atom stereocenters. The van der Waals surface area contributed by atoms with Gasteiger partial charge in [-0.1, -0.05) is 0 Å². The number of ether oxygens (including phenoxy) is 1. The van der Waals surface area contributed by atoms with Crippen molar-refractivity contribution in [2.45, 2.75) is 18.3 Å². The second-order valence-electron chi connectivity index (χ2n) is 3.18. The van der Waals surface area contributed by atoms with Crippen LogP contribution in [0.5, 0.6) is 0 Å². The van der Waals surface area contributed by atoms with Crippen LogP contribution in [0.4, 0.5) is 0 Å². The summed E-state index contributed by atoms with van der Waals surface area (Å²) in [6.45, 7) is 0.815. The molecule has 1 heterocycles. The van der Waals surface area contributed by atoms with Crippen LogP contribution < -0.4 is 0 Å². The molecule has 1 aromatic rings. The van der Waals surface area contributed by atoms with Gasteiger partial charge in [0.1, 0.15) is 0 Å². The van der Waals surface area contributed by atoms with E-state index in [1.807, 2.05) is 6.07 Å². The fraction of sp³-hybridized carbons (Fsp3) is 0.625. The summed E-state index contributed by atoms with van der Waals surface area (Å²) in [4.78, 5) is 0. The van der Waals surface area contributed by atoms with Crippen LogP contribution in [0.15, 0.2) is 12.3 Å². The first-order chi connectivity index (χ1) is 5.37. The maximum Gasteiger partial charge on any atom is 0.0574 e. The lowest BCUT2D eigenvalue weighted by atomic mass is 10.1. The zero-order chi connectivity index (χ0) is 7.73. The fourth-order valence-electron chi connectivity index (χ4n) is 1.47. The van der Waals surface area contributed by atoms with Crippen LogP contribution in [0.1, 0.15) is 20.0 Å². The van der Waals surface area contributed by atoms with E-state index in [4.69, 9.17) is 4.74 Å². The van der Waals surface area contributed by atoms with E-state index in [0.717, 1.165) is 6.61 Å². The number of aromatic amines is 1. The van der Waals surface area contributed by atoms with Gasteiger partial charge in [-0.25, -0.2) is 0 Å². The van der Waals surface area contributed by atoms with Crippen molar-refractivity contribution in [1.29, 1.82) is 0 Å². The molecule has 3 nitrogen and oxygen atoms in total. The number of aromatic nitrogens is 2. The summed E-state index contributed by atoms with van der Waals surface area (Å²) < 4.78 is 5.15. The van der Waals surface area contributed by atoms with Crippen LogP contribution in [-0.2, 0) is 10.2 Å². The quantitative estimate of drug-likeness (QED) is 0.713. The Kier molecular flexibility index (Phi) is 1.46. The van der Waals surface area contributed by atoms with Gasteiger partial charge in [0.15, 0.2) is 0 Å². The van der Waals surface area contributed by atoms with Crippen molar-refractivity contribution in [3.8, 4) is 0 Å². The minimum atomic E-state index is 0. The number of nitrogens with zero attached hydrogens (tertiary/aromatic N) is 1. The van der Waals surface area contributed by atoms with E-state index < -0.39 is 0 Å². The van der Waals surface area contributed by atoms with Gasteiger partial charge in [-0.15, -0.1) is 0 Å². The maximum atomic E-state index is 5.15. The lowest BCUT2D eigenvalue weighted by Gasteiger charge is -2.10. The van der Waals surface area contributed by atoms with Crippen LogP contribution in [0.2, 0.25) is 0 Å². The third kappa shape index (κ3) is 1.05. The van der Waals surface area contributed by atoms with Crippen LogP contribution in [-0.4, -0.2) is 23.9 Å². The molecule has 1 fully saturated rings. The highest BCUT2D eigenvalue weighted by atomic mass is 16.5. The Balaban J connectivity index is 0.000000720. The zero-order valence-electron chi connectivity index (χ0n) is 6.63. The lowest BCUT2D eigenvalue weighted by Crippen LogP contribution is -2.14.